The van der Waals surface area contributed by atoms with Gasteiger partial charge in [0.05, 0.1) is 20.4 Å². The molecule has 0 aliphatic carbocycles. The lowest BCUT2D eigenvalue weighted by molar-refractivity contribution is 0.154. The third-order valence-corrected chi connectivity index (χ3v) is 8.10. The van der Waals surface area contributed by atoms with E-state index in [2.05, 4.69) is 32.3 Å². The first-order valence-electron chi connectivity index (χ1n) is 7.72. The van der Waals surface area contributed by atoms with Crippen molar-refractivity contribution in [3.05, 3.63) is 40.2 Å². The van der Waals surface area contributed by atoms with Gasteiger partial charge in [0.15, 0.2) is 0 Å². The highest BCUT2D eigenvalue weighted by Crippen LogP contribution is 2.34. The zero-order chi connectivity index (χ0) is 17.4. The zero-order valence-electron chi connectivity index (χ0n) is 14.1. The van der Waals surface area contributed by atoms with Crippen LogP contribution in [0, 0.1) is 0 Å². The molecule has 5 nitrogen and oxygen atoms in total. The fourth-order valence-corrected chi connectivity index (χ4v) is 4.06. The molecule has 1 heterocycles. The number of benzene rings is 1. The summed E-state index contributed by atoms with van der Waals surface area (Å²) in [6, 6.07) is 6.54. The number of aliphatic hydroxyl groups is 1. The molecular weight excluding hydrogens is 308 g/mol. The van der Waals surface area contributed by atoms with E-state index >= 15 is 0 Å². The predicted octanol–water partition coefficient (Wildman–Crippen LogP) is 2.52. The molecule has 5 N–H and O–H groups in total. The smallest absolute Gasteiger partial charge is 0.248 e. The average Bonchev–Trinajstić information content (AvgIpc) is 2.46. The van der Waals surface area contributed by atoms with Crippen LogP contribution >= 0.6 is 0 Å². The normalized spacial score (nSPS) is 15.1. The van der Waals surface area contributed by atoms with Crippen molar-refractivity contribution in [3.63, 3.8) is 0 Å². The maximum Gasteiger partial charge on any atom is 0.248 e. The molecule has 0 spiro atoms. The number of nitrogens with one attached hydrogen (secondary N) is 1. The van der Waals surface area contributed by atoms with Gasteiger partial charge in [-0.15, -0.1) is 0 Å². The molecule has 0 saturated carbocycles. The molecule has 6 heteroatoms. The van der Waals surface area contributed by atoms with Crippen molar-refractivity contribution in [2.24, 2.45) is 5.73 Å². The van der Waals surface area contributed by atoms with Gasteiger partial charge in [0.25, 0.3) is 0 Å². The van der Waals surface area contributed by atoms with E-state index in [0.717, 1.165) is 6.04 Å². The molecule has 125 valence electrons. The molecule has 0 amide bonds. The van der Waals surface area contributed by atoms with Crippen molar-refractivity contribution in [1.82, 2.24) is 4.98 Å². The molecule has 0 fully saturated rings. The zero-order valence-corrected chi connectivity index (χ0v) is 15.1. The Kier molecular flexibility index (Phi) is 4.98. The highest BCUT2D eigenvalue weighted by Gasteiger charge is 2.28. The van der Waals surface area contributed by atoms with Crippen LogP contribution in [0.4, 0.5) is 0 Å². The number of aromatic amines is 1. The first kappa shape index (κ1) is 17.7. The van der Waals surface area contributed by atoms with Gasteiger partial charge >= 0.3 is 0 Å². The van der Waals surface area contributed by atoms with Gasteiger partial charge in [-0.3, -0.25) is 4.79 Å². The summed E-state index contributed by atoms with van der Waals surface area (Å²) in [5.74, 6) is -0.0165. The van der Waals surface area contributed by atoms with Gasteiger partial charge in [0.1, 0.15) is 5.75 Å². The molecule has 1 unspecified atom stereocenters. The number of aromatic hydroxyl groups is 1. The number of fused-ring (bicyclic) bond motifs is 1. The van der Waals surface area contributed by atoms with E-state index in [9.17, 15) is 15.0 Å². The number of phenols is 1. The number of H-pyrrole nitrogens is 1. The molecule has 1 aromatic carbocycles. The fraction of sp³-hybridized carbons (Fsp3) is 0.471. The lowest BCUT2D eigenvalue weighted by atomic mass is 9.99. The molecule has 0 aliphatic heterocycles. The minimum atomic E-state index is -0.841. The monoisotopic (exact) mass is 333 g/mol. The second-order valence-corrected chi connectivity index (χ2v) is 10.6. The second kappa shape index (κ2) is 6.47. The Labute approximate surface area is 137 Å². The van der Waals surface area contributed by atoms with Crippen LogP contribution in [0.25, 0.3) is 10.9 Å². The summed E-state index contributed by atoms with van der Waals surface area (Å²) in [7, 11) is -0.715. The van der Waals surface area contributed by atoms with Gasteiger partial charge < -0.3 is 20.9 Å². The number of aromatic nitrogens is 1. The highest BCUT2D eigenvalue weighted by atomic mass is 28.3. The van der Waals surface area contributed by atoms with Crippen molar-refractivity contribution in [2.45, 2.75) is 50.5 Å². The minimum Gasteiger partial charge on any atom is -0.506 e. The number of pyridine rings is 1. The number of nitrogens with two attached hydrogens (primary N) is 1. The third-order valence-electron chi connectivity index (χ3n) is 4.45. The lowest BCUT2D eigenvalue weighted by Crippen LogP contribution is -2.36. The van der Waals surface area contributed by atoms with Gasteiger partial charge in [-0.25, -0.2) is 0 Å². The molecule has 2 atom stereocenters. The third kappa shape index (κ3) is 3.83. The van der Waals surface area contributed by atoms with E-state index in [1.54, 1.807) is 12.1 Å². The number of hydrogen-bond donors (Lipinski definition) is 4. The van der Waals surface area contributed by atoms with Gasteiger partial charge in [0, 0.05) is 17.5 Å². The van der Waals surface area contributed by atoms with Crippen LogP contribution in [0.15, 0.2) is 29.1 Å². The van der Waals surface area contributed by atoms with Gasteiger partial charge in [-0.1, -0.05) is 33.4 Å². The van der Waals surface area contributed by atoms with Crippen LogP contribution in [-0.2, 0) is 0 Å². The topological polar surface area (TPSA) is 99.3 Å². The Morgan fingerprint density at radius 3 is 2.52 bits per heavy atom. The Balaban J connectivity index is 2.36. The van der Waals surface area contributed by atoms with Gasteiger partial charge in [-0.2, -0.15) is 0 Å². The number of aliphatic hydroxyl groups excluding tert-OH is 1. The lowest BCUT2D eigenvalue weighted by Gasteiger charge is -2.30. The molecule has 0 saturated heterocycles. The SMILES string of the molecule is C[Si](CC(N)[C@H](O)c1ccc(O)c2[nH]c(=O)ccc12)C(C)(C)C. The first-order valence-corrected chi connectivity index (χ1v) is 9.93. The summed E-state index contributed by atoms with van der Waals surface area (Å²) in [5, 5.41) is 21.4. The Bertz CT molecular complexity index is 752. The van der Waals surface area contributed by atoms with E-state index in [1.807, 2.05) is 0 Å². The summed E-state index contributed by atoms with van der Waals surface area (Å²) in [5.41, 5.74) is 6.91. The van der Waals surface area contributed by atoms with Gasteiger partial charge in [0.2, 0.25) is 5.56 Å². The van der Waals surface area contributed by atoms with Crippen molar-refractivity contribution >= 4 is 19.7 Å². The molecular formula is C17H25N2O3Si. The van der Waals surface area contributed by atoms with E-state index in [4.69, 9.17) is 5.73 Å². The summed E-state index contributed by atoms with van der Waals surface area (Å²) >= 11 is 0. The number of hydrogen-bond acceptors (Lipinski definition) is 4. The van der Waals surface area contributed by atoms with Crippen molar-refractivity contribution < 1.29 is 10.2 Å². The standard InChI is InChI=1S/C17H25N2O3Si/c1-17(2,3)23(4)9-12(18)16(22)11-5-7-13(20)15-10(11)6-8-14(21)19-15/h5-8,12,16,20,22H,9,18H2,1-4H3,(H,19,21)/t12?,16-/m1/s1. The molecule has 23 heavy (non-hydrogen) atoms. The van der Waals surface area contributed by atoms with E-state index in [0.29, 0.717) is 16.5 Å². The molecule has 1 radical (unpaired) electrons. The van der Waals surface area contributed by atoms with Crippen molar-refractivity contribution in [1.29, 1.82) is 0 Å². The summed E-state index contributed by atoms with van der Waals surface area (Å²) in [4.78, 5) is 14.1. The minimum absolute atomic E-state index is 0.0165. The quantitative estimate of drug-likeness (QED) is 0.646. The first-order chi connectivity index (χ1) is 10.6. The fourth-order valence-electron chi connectivity index (χ4n) is 2.52. The highest BCUT2D eigenvalue weighted by molar-refractivity contribution is 6.60. The van der Waals surface area contributed by atoms with Crippen LogP contribution in [0.1, 0.15) is 32.4 Å². The van der Waals surface area contributed by atoms with E-state index in [-0.39, 0.29) is 22.4 Å². The second-order valence-electron chi connectivity index (χ2n) is 7.13. The van der Waals surface area contributed by atoms with Crippen LogP contribution in [0.2, 0.25) is 17.6 Å². The van der Waals surface area contributed by atoms with Crippen LogP contribution < -0.4 is 11.3 Å². The van der Waals surface area contributed by atoms with Gasteiger partial charge in [-0.05, 0) is 28.8 Å². The summed E-state index contributed by atoms with van der Waals surface area (Å²) < 4.78 is 0. The maximum atomic E-state index is 11.5. The molecule has 2 aromatic rings. The summed E-state index contributed by atoms with van der Waals surface area (Å²) in [6.45, 7) is 8.81. The van der Waals surface area contributed by atoms with Crippen LogP contribution in [0.3, 0.4) is 0 Å². The maximum absolute atomic E-state index is 11.5. The largest absolute Gasteiger partial charge is 0.506 e. The van der Waals surface area contributed by atoms with E-state index < -0.39 is 14.9 Å². The Morgan fingerprint density at radius 1 is 1.26 bits per heavy atom. The molecule has 0 aliphatic rings. The van der Waals surface area contributed by atoms with Crippen molar-refractivity contribution in [2.75, 3.05) is 0 Å². The number of rotatable bonds is 4. The number of phenolic OH excluding ortho intramolecular Hbond substituents is 1. The Hall–Kier alpha value is -1.63. The predicted molar refractivity (Wildman–Crippen MR) is 95.3 cm³/mol. The average molecular weight is 333 g/mol. The van der Waals surface area contributed by atoms with Crippen LogP contribution in [0.5, 0.6) is 5.75 Å². The van der Waals surface area contributed by atoms with Crippen LogP contribution in [-0.4, -0.2) is 30.0 Å². The van der Waals surface area contributed by atoms with E-state index in [1.165, 1.54) is 12.1 Å². The molecule has 1 aromatic heterocycles. The van der Waals surface area contributed by atoms with Crippen molar-refractivity contribution in [3.8, 4) is 5.75 Å². The Morgan fingerprint density at radius 2 is 1.91 bits per heavy atom. The molecule has 0 bridgehead atoms. The summed E-state index contributed by atoms with van der Waals surface area (Å²) in [6.07, 6.45) is -0.841. The molecule has 2 rings (SSSR count).